The van der Waals surface area contributed by atoms with Gasteiger partial charge in [0.15, 0.2) is 5.82 Å². The van der Waals surface area contributed by atoms with Crippen molar-refractivity contribution in [2.24, 2.45) is 5.92 Å². The van der Waals surface area contributed by atoms with E-state index in [1.54, 1.807) is 6.92 Å². The standard InChI is InChI=1S/C13H12ClF3N2O3/c1-6-2-7(12(21)22-6)3-10(20)19-11-9(14)4-8(5-18-11)13(15,16)17/h4-7H,2-3H2,1H3,(H,18,19,20)/t6-,7+/m0/s1. The van der Waals surface area contributed by atoms with Crippen LogP contribution in [0.1, 0.15) is 25.3 Å². The Kier molecular flexibility index (Phi) is 4.60. The summed E-state index contributed by atoms with van der Waals surface area (Å²) in [5, 5.41) is 1.97. The predicted molar refractivity (Wildman–Crippen MR) is 71.2 cm³/mol. The number of pyridine rings is 1. The summed E-state index contributed by atoms with van der Waals surface area (Å²) in [5.74, 6) is -1.78. The molecule has 1 amide bonds. The molecule has 0 unspecified atom stereocenters. The Morgan fingerprint density at radius 1 is 1.55 bits per heavy atom. The van der Waals surface area contributed by atoms with Crippen molar-refractivity contribution < 1.29 is 27.5 Å². The van der Waals surface area contributed by atoms with E-state index in [1.165, 1.54) is 0 Å². The molecule has 120 valence electrons. The van der Waals surface area contributed by atoms with E-state index in [0.717, 1.165) is 0 Å². The lowest BCUT2D eigenvalue weighted by Crippen LogP contribution is -2.20. The summed E-state index contributed by atoms with van der Waals surface area (Å²) in [6.07, 6.45) is -3.96. The van der Waals surface area contributed by atoms with Crippen LogP contribution in [0.3, 0.4) is 0 Å². The van der Waals surface area contributed by atoms with Crippen LogP contribution in [0, 0.1) is 5.92 Å². The zero-order valence-corrected chi connectivity index (χ0v) is 12.2. The highest BCUT2D eigenvalue weighted by Gasteiger charge is 2.34. The van der Waals surface area contributed by atoms with E-state index in [1.807, 2.05) is 0 Å². The van der Waals surface area contributed by atoms with E-state index in [2.05, 4.69) is 10.3 Å². The maximum Gasteiger partial charge on any atom is 0.417 e. The van der Waals surface area contributed by atoms with Gasteiger partial charge in [-0.25, -0.2) is 4.98 Å². The number of esters is 1. The van der Waals surface area contributed by atoms with Crippen LogP contribution < -0.4 is 5.32 Å². The summed E-state index contributed by atoms with van der Waals surface area (Å²) in [7, 11) is 0. The normalized spacial score (nSPS) is 21.6. The van der Waals surface area contributed by atoms with Gasteiger partial charge in [0.25, 0.3) is 0 Å². The third-order valence-electron chi connectivity index (χ3n) is 3.13. The van der Waals surface area contributed by atoms with Gasteiger partial charge in [-0.05, 0) is 19.4 Å². The number of rotatable bonds is 3. The Bertz CT molecular complexity index is 607. The molecular weight excluding hydrogens is 325 g/mol. The third kappa shape index (κ3) is 3.88. The van der Waals surface area contributed by atoms with Gasteiger partial charge in [-0.2, -0.15) is 13.2 Å². The van der Waals surface area contributed by atoms with Crippen molar-refractivity contribution in [2.45, 2.75) is 32.0 Å². The van der Waals surface area contributed by atoms with E-state index in [9.17, 15) is 22.8 Å². The van der Waals surface area contributed by atoms with Crippen LogP contribution in [-0.4, -0.2) is 23.0 Å². The van der Waals surface area contributed by atoms with E-state index >= 15 is 0 Å². The molecule has 5 nitrogen and oxygen atoms in total. The van der Waals surface area contributed by atoms with Crippen LogP contribution >= 0.6 is 11.6 Å². The Hall–Kier alpha value is -1.83. The largest absolute Gasteiger partial charge is 0.462 e. The topological polar surface area (TPSA) is 68.3 Å². The first-order chi connectivity index (χ1) is 10.2. The molecule has 1 aromatic heterocycles. The first kappa shape index (κ1) is 16.5. The number of amides is 1. The van der Waals surface area contributed by atoms with Gasteiger partial charge in [-0.1, -0.05) is 11.6 Å². The van der Waals surface area contributed by atoms with Crippen molar-refractivity contribution in [3.8, 4) is 0 Å². The fourth-order valence-electron chi connectivity index (χ4n) is 2.10. The van der Waals surface area contributed by atoms with Crippen molar-refractivity contribution in [2.75, 3.05) is 5.32 Å². The van der Waals surface area contributed by atoms with Crippen LogP contribution in [0.4, 0.5) is 19.0 Å². The lowest BCUT2D eigenvalue weighted by atomic mass is 10.0. The molecule has 1 aliphatic rings. The van der Waals surface area contributed by atoms with Crippen molar-refractivity contribution in [3.63, 3.8) is 0 Å². The molecule has 0 spiro atoms. The van der Waals surface area contributed by atoms with Gasteiger partial charge in [0, 0.05) is 12.6 Å². The molecule has 1 aromatic rings. The first-order valence-corrected chi connectivity index (χ1v) is 6.77. The van der Waals surface area contributed by atoms with Gasteiger partial charge in [-0.3, -0.25) is 9.59 Å². The fourth-order valence-corrected chi connectivity index (χ4v) is 2.31. The van der Waals surface area contributed by atoms with Crippen LogP contribution in [0.15, 0.2) is 12.3 Å². The smallest absolute Gasteiger partial charge is 0.417 e. The lowest BCUT2D eigenvalue weighted by molar-refractivity contribution is -0.145. The average molecular weight is 337 g/mol. The van der Waals surface area contributed by atoms with E-state index < -0.39 is 29.5 Å². The SMILES string of the molecule is C[C@H]1C[C@H](CC(=O)Nc2ncc(C(F)(F)F)cc2Cl)C(=O)O1. The van der Waals surface area contributed by atoms with Gasteiger partial charge in [0.1, 0.15) is 0 Å². The van der Waals surface area contributed by atoms with Crippen molar-refractivity contribution >= 4 is 29.3 Å². The first-order valence-electron chi connectivity index (χ1n) is 6.40. The molecule has 2 rings (SSSR count). The van der Waals surface area contributed by atoms with E-state index in [0.29, 0.717) is 18.7 Å². The Balaban J connectivity index is 2.02. The van der Waals surface area contributed by atoms with Crippen molar-refractivity contribution in [1.29, 1.82) is 0 Å². The lowest BCUT2D eigenvalue weighted by Gasteiger charge is -2.11. The molecule has 0 aliphatic carbocycles. The van der Waals surface area contributed by atoms with Gasteiger partial charge >= 0.3 is 12.1 Å². The summed E-state index contributed by atoms with van der Waals surface area (Å²) in [6.45, 7) is 1.71. The quantitative estimate of drug-likeness (QED) is 0.861. The summed E-state index contributed by atoms with van der Waals surface area (Å²) in [5.41, 5.74) is -1.01. The third-order valence-corrected chi connectivity index (χ3v) is 3.41. The van der Waals surface area contributed by atoms with E-state index in [4.69, 9.17) is 16.3 Å². The minimum atomic E-state index is -4.57. The van der Waals surface area contributed by atoms with E-state index in [-0.39, 0.29) is 23.4 Å². The molecule has 0 aromatic carbocycles. The average Bonchev–Trinajstić information content (AvgIpc) is 2.69. The Morgan fingerprint density at radius 2 is 2.23 bits per heavy atom. The minimum Gasteiger partial charge on any atom is -0.462 e. The van der Waals surface area contributed by atoms with Gasteiger partial charge in [-0.15, -0.1) is 0 Å². The maximum absolute atomic E-state index is 12.5. The molecule has 0 radical (unpaired) electrons. The number of halogens is 4. The second kappa shape index (κ2) is 6.12. The van der Waals surface area contributed by atoms with Crippen LogP contribution in [0.2, 0.25) is 5.02 Å². The van der Waals surface area contributed by atoms with Gasteiger partial charge < -0.3 is 10.1 Å². The number of nitrogens with zero attached hydrogens (tertiary/aromatic N) is 1. The van der Waals surface area contributed by atoms with Crippen LogP contribution in [0.5, 0.6) is 0 Å². The molecule has 2 atom stereocenters. The number of ether oxygens (including phenoxy) is 1. The number of hydrogen-bond acceptors (Lipinski definition) is 4. The fraction of sp³-hybridized carbons (Fsp3) is 0.462. The second-order valence-electron chi connectivity index (χ2n) is 4.98. The Morgan fingerprint density at radius 3 is 2.73 bits per heavy atom. The molecular formula is C13H12ClF3N2O3. The molecule has 22 heavy (non-hydrogen) atoms. The zero-order chi connectivity index (χ0) is 16.5. The van der Waals surface area contributed by atoms with Gasteiger partial charge in [0.05, 0.1) is 22.6 Å². The molecule has 1 saturated heterocycles. The molecule has 1 fully saturated rings. The van der Waals surface area contributed by atoms with Crippen LogP contribution in [-0.2, 0) is 20.5 Å². The highest BCUT2D eigenvalue weighted by atomic mass is 35.5. The second-order valence-corrected chi connectivity index (χ2v) is 5.39. The molecule has 1 N–H and O–H groups in total. The maximum atomic E-state index is 12.5. The Labute approximate surface area is 128 Å². The number of hydrogen-bond donors (Lipinski definition) is 1. The molecule has 9 heteroatoms. The highest BCUT2D eigenvalue weighted by Crippen LogP contribution is 2.32. The molecule has 2 heterocycles. The van der Waals surface area contributed by atoms with Crippen molar-refractivity contribution in [3.05, 3.63) is 22.8 Å². The molecule has 0 bridgehead atoms. The molecule has 1 aliphatic heterocycles. The summed E-state index contributed by atoms with van der Waals surface area (Å²) in [6, 6.07) is 0.677. The predicted octanol–water partition coefficient (Wildman–Crippen LogP) is 3.03. The number of carbonyl (C=O) groups excluding carboxylic acids is 2. The van der Waals surface area contributed by atoms with Crippen molar-refractivity contribution in [1.82, 2.24) is 4.98 Å². The molecule has 0 saturated carbocycles. The highest BCUT2D eigenvalue weighted by molar-refractivity contribution is 6.33. The zero-order valence-electron chi connectivity index (χ0n) is 11.4. The number of nitrogens with one attached hydrogen (secondary N) is 1. The monoisotopic (exact) mass is 336 g/mol. The minimum absolute atomic E-state index is 0.137. The number of aromatic nitrogens is 1. The number of cyclic esters (lactones) is 1. The van der Waals surface area contributed by atoms with Gasteiger partial charge in [0.2, 0.25) is 5.91 Å². The summed E-state index contributed by atoms with van der Waals surface area (Å²) >= 11 is 5.68. The number of carbonyl (C=O) groups is 2. The summed E-state index contributed by atoms with van der Waals surface area (Å²) in [4.78, 5) is 26.7. The number of anilines is 1. The summed E-state index contributed by atoms with van der Waals surface area (Å²) < 4.78 is 42.3. The van der Waals surface area contributed by atoms with Crippen LogP contribution in [0.25, 0.3) is 0 Å². The number of alkyl halides is 3.